The van der Waals surface area contributed by atoms with Crippen LogP contribution in [0.25, 0.3) is 0 Å². The van der Waals surface area contributed by atoms with Crippen LogP contribution in [0.3, 0.4) is 0 Å². The molecule has 1 aromatic rings. The van der Waals surface area contributed by atoms with Gasteiger partial charge < -0.3 is 16.2 Å². The number of hydrogen-bond donors (Lipinski definition) is 3. The maximum atomic E-state index is 11.8. The van der Waals surface area contributed by atoms with E-state index in [0.717, 1.165) is 6.42 Å². The van der Waals surface area contributed by atoms with Gasteiger partial charge in [0.1, 0.15) is 5.69 Å². The fraction of sp³-hybridized carbons (Fsp3) is 0.500. The lowest BCUT2D eigenvalue weighted by atomic mass is 10.0. The maximum absolute atomic E-state index is 11.8. The number of carbonyl (C=O) groups excluding carboxylic acids is 1. The molecule has 2 unspecified atom stereocenters. The van der Waals surface area contributed by atoms with Gasteiger partial charge in [0.25, 0.3) is 5.91 Å². The van der Waals surface area contributed by atoms with Crippen LogP contribution in [0.5, 0.6) is 0 Å². The highest BCUT2D eigenvalue weighted by Crippen LogP contribution is 2.26. The van der Waals surface area contributed by atoms with Gasteiger partial charge in [-0.3, -0.25) is 9.59 Å². The van der Waals surface area contributed by atoms with E-state index in [9.17, 15) is 9.59 Å². The van der Waals surface area contributed by atoms with E-state index in [1.54, 1.807) is 5.38 Å². The molecule has 0 radical (unpaired) electrons. The number of nitrogens with zero attached hydrogens (tertiary/aromatic N) is 1. The van der Waals surface area contributed by atoms with Crippen LogP contribution >= 0.6 is 11.3 Å². The van der Waals surface area contributed by atoms with Crippen LogP contribution in [0.15, 0.2) is 5.38 Å². The summed E-state index contributed by atoms with van der Waals surface area (Å²) in [6.07, 6.45) is 2.13. The molecule has 0 bridgehead atoms. The number of nitrogens with two attached hydrogens (primary N) is 1. The Morgan fingerprint density at radius 2 is 2.29 bits per heavy atom. The van der Waals surface area contributed by atoms with E-state index in [2.05, 4.69) is 10.3 Å². The lowest BCUT2D eigenvalue weighted by Crippen LogP contribution is -2.40. The van der Waals surface area contributed by atoms with Gasteiger partial charge in [-0.2, -0.15) is 0 Å². The molecule has 1 aliphatic rings. The first kappa shape index (κ1) is 11.8. The van der Waals surface area contributed by atoms with Crippen molar-refractivity contribution in [1.82, 2.24) is 10.3 Å². The molecular formula is C10H13N3O3S. The number of carboxylic acid groups (broad SMARTS) is 1. The van der Waals surface area contributed by atoms with Crippen molar-refractivity contribution in [1.29, 1.82) is 0 Å². The molecule has 17 heavy (non-hydrogen) atoms. The molecule has 2 rings (SSSR count). The number of nitrogens with one attached hydrogen (secondary N) is 1. The lowest BCUT2D eigenvalue weighted by Gasteiger charge is -2.16. The Kier molecular flexibility index (Phi) is 3.28. The number of anilines is 1. The Morgan fingerprint density at radius 1 is 1.53 bits per heavy atom. The van der Waals surface area contributed by atoms with Crippen molar-refractivity contribution in [2.24, 2.45) is 5.92 Å². The summed E-state index contributed by atoms with van der Waals surface area (Å²) in [5.41, 5.74) is 5.69. The third-order valence-electron chi connectivity index (χ3n) is 2.90. The van der Waals surface area contributed by atoms with Gasteiger partial charge in [0.2, 0.25) is 0 Å². The number of rotatable bonds is 3. The molecule has 0 aliphatic heterocycles. The minimum atomic E-state index is -0.856. The standard InChI is InChI=1S/C10H13N3O3S/c11-10-13-7(4-17-10)8(14)12-6-3-1-2-5(6)9(15)16/h4-6H,1-3H2,(H2,11,13)(H,12,14)(H,15,16). The van der Waals surface area contributed by atoms with Crippen molar-refractivity contribution in [3.63, 3.8) is 0 Å². The van der Waals surface area contributed by atoms with Gasteiger partial charge in [-0.25, -0.2) is 4.98 Å². The molecule has 1 amide bonds. The highest BCUT2D eigenvalue weighted by Gasteiger charge is 2.34. The first-order valence-corrected chi connectivity index (χ1v) is 6.20. The Labute approximate surface area is 102 Å². The second kappa shape index (κ2) is 4.70. The average molecular weight is 255 g/mol. The summed E-state index contributed by atoms with van der Waals surface area (Å²) in [5.74, 6) is -1.70. The predicted molar refractivity (Wildman–Crippen MR) is 62.8 cm³/mol. The second-order valence-corrected chi connectivity index (χ2v) is 4.92. The van der Waals surface area contributed by atoms with Gasteiger partial charge in [0.15, 0.2) is 5.13 Å². The zero-order chi connectivity index (χ0) is 12.4. The Bertz CT molecular complexity index is 446. The van der Waals surface area contributed by atoms with Crippen LogP contribution in [0.4, 0.5) is 5.13 Å². The van der Waals surface area contributed by atoms with Crippen LogP contribution in [-0.4, -0.2) is 28.0 Å². The number of aliphatic carboxylic acids is 1. The predicted octanol–water partition coefficient (Wildman–Crippen LogP) is 0.708. The topological polar surface area (TPSA) is 105 Å². The molecule has 0 spiro atoms. The molecule has 1 saturated carbocycles. The van der Waals surface area contributed by atoms with Gasteiger partial charge >= 0.3 is 5.97 Å². The van der Waals surface area contributed by atoms with E-state index >= 15 is 0 Å². The number of amides is 1. The number of nitrogen functional groups attached to an aromatic ring is 1. The quantitative estimate of drug-likeness (QED) is 0.737. The molecule has 1 aromatic heterocycles. The molecule has 1 fully saturated rings. The Balaban J connectivity index is 2.01. The molecule has 1 heterocycles. The van der Waals surface area contributed by atoms with E-state index in [4.69, 9.17) is 10.8 Å². The first-order valence-electron chi connectivity index (χ1n) is 5.32. The van der Waals surface area contributed by atoms with E-state index in [1.807, 2.05) is 0 Å². The zero-order valence-electron chi connectivity index (χ0n) is 9.05. The van der Waals surface area contributed by atoms with Crippen LogP contribution in [0.1, 0.15) is 29.8 Å². The molecule has 1 aliphatic carbocycles. The lowest BCUT2D eigenvalue weighted by molar-refractivity contribution is -0.142. The molecule has 4 N–H and O–H groups in total. The summed E-state index contributed by atoms with van der Waals surface area (Å²) in [7, 11) is 0. The number of aromatic nitrogens is 1. The summed E-state index contributed by atoms with van der Waals surface area (Å²) >= 11 is 1.19. The van der Waals surface area contributed by atoms with Gasteiger partial charge in [0.05, 0.1) is 5.92 Å². The Hall–Kier alpha value is -1.63. The number of hydrogen-bond acceptors (Lipinski definition) is 5. The fourth-order valence-electron chi connectivity index (χ4n) is 2.06. The molecule has 92 valence electrons. The maximum Gasteiger partial charge on any atom is 0.308 e. The van der Waals surface area contributed by atoms with Crippen molar-refractivity contribution < 1.29 is 14.7 Å². The zero-order valence-corrected chi connectivity index (χ0v) is 9.87. The number of carboxylic acids is 1. The largest absolute Gasteiger partial charge is 0.481 e. The fourth-order valence-corrected chi connectivity index (χ4v) is 2.61. The smallest absolute Gasteiger partial charge is 0.308 e. The third kappa shape index (κ3) is 2.55. The summed E-state index contributed by atoms with van der Waals surface area (Å²) in [6.45, 7) is 0. The summed E-state index contributed by atoms with van der Waals surface area (Å²) < 4.78 is 0. The minimum Gasteiger partial charge on any atom is -0.481 e. The summed E-state index contributed by atoms with van der Waals surface area (Å²) in [5, 5.41) is 13.6. The highest BCUT2D eigenvalue weighted by atomic mass is 32.1. The minimum absolute atomic E-state index is 0.253. The van der Waals surface area contributed by atoms with Crippen molar-refractivity contribution in [2.45, 2.75) is 25.3 Å². The molecular weight excluding hydrogens is 242 g/mol. The molecule has 0 saturated heterocycles. The van der Waals surface area contributed by atoms with Crippen LogP contribution in [-0.2, 0) is 4.79 Å². The molecule has 0 aromatic carbocycles. The number of carbonyl (C=O) groups is 2. The summed E-state index contributed by atoms with van der Waals surface area (Å²) in [4.78, 5) is 26.6. The average Bonchev–Trinajstić information content (AvgIpc) is 2.86. The molecule has 2 atom stereocenters. The van der Waals surface area contributed by atoms with Gasteiger partial charge in [-0.15, -0.1) is 11.3 Å². The van der Waals surface area contributed by atoms with E-state index in [1.165, 1.54) is 11.3 Å². The SMILES string of the molecule is Nc1nc(C(=O)NC2CCCC2C(=O)O)cs1. The van der Waals surface area contributed by atoms with Crippen molar-refractivity contribution in [3.8, 4) is 0 Å². The first-order chi connectivity index (χ1) is 8.08. The van der Waals surface area contributed by atoms with E-state index < -0.39 is 11.9 Å². The van der Waals surface area contributed by atoms with Crippen LogP contribution in [0.2, 0.25) is 0 Å². The molecule has 7 heteroatoms. The molecule has 6 nitrogen and oxygen atoms in total. The Morgan fingerprint density at radius 3 is 2.88 bits per heavy atom. The van der Waals surface area contributed by atoms with E-state index in [-0.39, 0.29) is 17.6 Å². The van der Waals surface area contributed by atoms with Crippen LogP contribution < -0.4 is 11.1 Å². The normalized spacial score (nSPS) is 23.5. The summed E-state index contributed by atoms with van der Waals surface area (Å²) in [6, 6.07) is -0.303. The number of thiazole rings is 1. The van der Waals surface area contributed by atoms with Gasteiger partial charge in [0, 0.05) is 11.4 Å². The van der Waals surface area contributed by atoms with Crippen molar-refractivity contribution in [2.75, 3.05) is 5.73 Å². The highest BCUT2D eigenvalue weighted by molar-refractivity contribution is 7.13. The van der Waals surface area contributed by atoms with Crippen molar-refractivity contribution >= 4 is 28.3 Å². The second-order valence-electron chi connectivity index (χ2n) is 4.03. The third-order valence-corrected chi connectivity index (χ3v) is 3.58. The van der Waals surface area contributed by atoms with Gasteiger partial charge in [-0.1, -0.05) is 6.42 Å². The van der Waals surface area contributed by atoms with Crippen LogP contribution in [0, 0.1) is 5.92 Å². The van der Waals surface area contributed by atoms with Gasteiger partial charge in [-0.05, 0) is 12.8 Å². The van der Waals surface area contributed by atoms with E-state index in [0.29, 0.717) is 18.0 Å². The van der Waals surface area contributed by atoms with Crippen molar-refractivity contribution in [3.05, 3.63) is 11.1 Å². The monoisotopic (exact) mass is 255 g/mol.